The number of carbonyl (C=O) groups excluding carboxylic acids is 3. The van der Waals surface area contributed by atoms with Gasteiger partial charge in [-0.2, -0.15) is 0 Å². The van der Waals surface area contributed by atoms with Crippen LogP contribution in [0.3, 0.4) is 0 Å². The van der Waals surface area contributed by atoms with Crippen LogP contribution in [-0.2, 0) is 28.6 Å². The predicted molar refractivity (Wildman–Crippen MR) is 236 cm³/mol. The van der Waals surface area contributed by atoms with Gasteiger partial charge in [0.2, 0.25) is 0 Å². The molecule has 2 atom stereocenters. The molecule has 0 heterocycles. The van der Waals surface area contributed by atoms with E-state index >= 15 is 0 Å². The Hall–Kier alpha value is -2.97. The van der Waals surface area contributed by atoms with Crippen molar-refractivity contribution in [3.05, 3.63) is 60.8 Å². The summed E-state index contributed by atoms with van der Waals surface area (Å²) < 4.78 is 17.1. The minimum Gasteiger partial charge on any atom is -0.544 e. The van der Waals surface area contributed by atoms with Crippen molar-refractivity contribution in [2.45, 2.75) is 193 Å². The molecule has 0 aromatic rings. The van der Waals surface area contributed by atoms with Gasteiger partial charge in [-0.05, 0) is 51.4 Å². The lowest BCUT2D eigenvalue weighted by atomic mass is 10.0. The fraction of sp³-hybridized carbons (Fsp3) is 0.735. The first-order valence-electron chi connectivity index (χ1n) is 22.8. The van der Waals surface area contributed by atoms with E-state index in [2.05, 4.69) is 74.6 Å². The molecule has 57 heavy (non-hydrogen) atoms. The topological polar surface area (TPSA) is 102 Å². The quantitative estimate of drug-likeness (QED) is 0.0263. The largest absolute Gasteiger partial charge is 0.544 e. The number of likely N-dealkylation sites (N-methyl/N-ethyl adjacent to an activating group) is 1. The van der Waals surface area contributed by atoms with Gasteiger partial charge in [-0.25, -0.2) is 0 Å². The number of carboxylic acid groups (broad SMARTS) is 1. The molecule has 0 rings (SSSR count). The zero-order valence-corrected chi connectivity index (χ0v) is 37.2. The monoisotopic (exact) mass is 800 g/mol. The molecule has 2 unspecified atom stereocenters. The van der Waals surface area contributed by atoms with E-state index < -0.39 is 18.1 Å². The van der Waals surface area contributed by atoms with Crippen molar-refractivity contribution >= 4 is 17.9 Å². The highest BCUT2D eigenvalue weighted by Gasteiger charge is 2.25. The van der Waals surface area contributed by atoms with Crippen molar-refractivity contribution in [2.75, 3.05) is 41.0 Å². The molecule has 0 aromatic heterocycles. The second-order valence-corrected chi connectivity index (χ2v) is 16.3. The molecule has 0 fully saturated rings. The maximum atomic E-state index is 12.7. The molecule has 0 N–H and O–H groups in total. The van der Waals surface area contributed by atoms with Gasteiger partial charge in [0.15, 0.2) is 6.10 Å². The van der Waals surface area contributed by atoms with E-state index in [-0.39, 0.29) is 49.1 Å². The molecule has 0 saturated carbocycles. The molecule has 0 spiro atoms. The van der Waals surface area contributed by atoms with E-state index in [1.165, 1.54) is 83.5 Å². The molecule has 328 valence electrons. The van der Waals surface area contributed by atoms with Crippen LogP contribution in [0.25, 0.3) is 0 Å². The highest BCUT2D eigenvalue weighted by Crippen LogP contribution is 2.15. The predicted octanol–water partition coefficient (Wildman–Crippen LogP) is 11.2. The van der Waals surface area contributed by atoms with Gasteiger partial charge >= 0.3 is 11.9 Å². The second-order valence-electron chi connectivity index (χ2n) is 16.3. The van der Waals surface area contributed by atoms with Gasteiger partial charge in [0.1, 0.15) is 12.6 Å². The third-order valence-electron chi connectivity index (χ3n) is 9.92. The Kier molecular flexibility index (Phi) is 37.8. The molecule has 0 aliphatic heterocycles. The van der Waals surface area contributed by atoms with E-state index in [0.717, 1.165) is 57.8 Å². The average Bonchev–Trinajstić information content (AvgIpc) is 3.17. The first-order chi connectivity index (χ1) is 27.6. The Bertz CT molecular complexity index is 1120. The van der Waals surface area contributed by atoms with Gasteiger partial charge in [0, 0.05) is 19.3 Å². The highest BCUT2D eigenvalue weighted by molar-refractivity contribution is 5.70. The summed E-state index contributed by atoms with van der Waals surface area (Å²) in [6.45, 7) is 4.49. The summed E-state index contributed by atoms with van der Waals surface area (Å²) >= 11 is 0. The Labute approximate surface area is 349 Å². The van der Waals surface area contributed by atoms with E-state index in [1.54, 1.807) is 21.1 Å². The van der Waals surface area contributed by atoms with Gasteiger partial charge in [-0.3, -0.25) is 9.59 Å². The number of unbranched alkanes of at least 4 members (excludes halogenated alkanes) is 16. The van der Waals surface area contributed by atoms with Crippen LogP contribution in [0.4, 0.5) is 0 Å². The van der Waals surface area contributed by atoms with Crippen LogP contribution in [-0.4, -0.2) is 75.5 Å². The van der Waals surface area contributed by atoms with E-state index in [1.807, 2.05) is 0 Å². The number of esters is 2. The maximum Gasteiger partial charge on any atom is 0.306 e. The Morgan fingerprint density at radius 2 is 0.982 bits per heavy atom. The molecule has 0 saturated heterocycles. The van der Waals surface area contributed by atoms with Gasteiger partial charge in [-0.15, -0.1) is 0 Å². The highest BCUT2D eigenvalue weighted by atomic mass is 16.6. The number of hydrogen-bond donors (Lipinski definition) is 0. The summed E-state index contributed by atoms with van der Waals surface area (Å²) in [5, 5.41) is 11.6. The Morgan fingerprint density at radius 1 is 0.544 bits per heavy atom. The smallest absolute Gasteiger partial charge is 0.306 e. The molecule has 0 bridgehead atoms. The molecule has 0 amide bonds. The van der Waals surface area contributed by atoms with E-state index in [0.29, 0.717) is 12.8 Å². The Morgan fingerprint density at radius 3 is 1.44 bits per heavy atom. The fourth-order valence-electron chi connectivity index (χ4n) is 6.40. The number of aliphatic carboxylic acids is 1. The van der Waals surface area contributed by atoms with Crippen LogP contribution < -0.4 is 5.11 Å². The van der Waals surface area contributed by atoms with Gasteiger partial charge in [-0.1, -0.05) is 171 Å². The van der Waals surface area contributed by atoms with Crippen molar-refractivity contribution in [1.29, 1.82) is 0 Å². The first kappa shape index (κ1) is 54.0. The van der Waals surface area contributed by atoms with Crippen LogP contribution in [0.15, 0.2) is 60.8 Å². The molecule has 0 aliphatic carbocycles. The Balaban J connectivity index is 4.41. The molecular weight excluding hydrogens is 715 g/mol. The molecule has 0 aromatic carbocycles. The SMILES string of the molecule is CC/C=C/C/C=C/C/C=C/C/C=C/C/C=C/CCCC(=O)OCC(COCCC(C(=O)[O-])[N+](C)(C)C)OC(=O)CCCCCCCCCCCCCCCCCC. The summed E-state index contributed by atoms with van der Waals surface area (Å²) in [6, 6.07) is -0.735. The lowest BCUT2D eigenvalue weighted by Gasteiger charge is -2.34. The zero-order chi connectivity index (χ0) is 42.1. The number of hydrogen-bond acceptors (Lipinski definition) is 7. The minimum absolute atomic E-state index is 0.0227. The summed E-state index contributed by atoms with van der Waals surface area (Å²) in [6.07, 6.45) is 48.2. The third-order valence-corrected chi connectivity index (χ3v) is 9.92. The maximum absolute atomic E-state index is 12.7. The van der Waals surface area contributed by atoms with Crippen LogP contribution in [0.1, 0.15) is 181 Å². The fourth-order valence-corrected chi connectivity index (χ4v) is 6.40. The number of carboxylic acids is 1. The van der Waals surface area contributed by atoms with Crippen molar-refractivity contribution in [3.63, 3.8) is 0 Å². The van der Waals surface area contributed by atoms with Crippen LogP contribution in [0.2, 0.25) is 0 Å². The van der Waals surface area contributed by atoms with Crippen LogP contribution in [0, 0.1) is 0 Å². The number of carbonyl (C=O) groups is 3. The summed E-state index contributed by atoms with van der Waals surface area (Å²) in [5.74, 6) is -1.81. The molecular formula is C49H85NO7. The lowest BCUT2D eigenvalue weighted by molar-refractivity contribution is -0.889. The van der Waals surface area contributed by atoms with E-state index in [4.69, 9.17) is 14.2 Å². The minimum atomic E-state index is -1.13. The molecule has 8 heteroatoms. The van der Waals surface area contributed by atoms with E-state index in [9.17, 15) is 19.5 Å². The zero-order valence-electron chi connectivity index (χ0n) is 37.2. The number of allylic oxidation sites excluding steroid dienone is 10. The number of nitrogens with zero attached hydrogens (tertiary/aromatic N) is 1. The van der Waals surface area contributed by atoms with Gasteiger partial charge < -0.3 is 28.6 Å². The number of ether oxygens (including phenoxy) is 3. The second kappa shape index (κ2) is 39.8. The summed E-state index contributed by atoms with van der Waals surface area (Å²) in [7, 11) is 5.39. The van der Waals surface area contributed by atoms with Crippen LogP contribution >= 0.6 is 0 Å². The number of quaternary nitrogens is 1. The summed E-state index contributed by atoms with van der Waals surface area (Å²) in [5.41, 5.74) is 0. The third kappa shape index (κ3) is 38.3. The molecule has 0 radical (unpaired) electrons. The summed E-state index contributed by atoms with van der Waals surface area (Å²) in [4.78, 5) is 36.9. The normalized spacial score (nSPS) is 13.5. The van der Waals surface area contributed by atoms with Crippen molar-refractivity contribution < 1.29 is 38.2 Å². The van der Waals surface area contributed by atoms with Crippen molar-refractivity contribution in [2.24, 2.45) is 0 Å². The van der Waals surface area contributed by atoms with Crippen molar-refractivity contribution in [1.82, 2.24) is 0 Å². The first-order valence-corrected chi connectivity index (χ1v) is 22.8. The van der Waals surface area contributed by atoms with Crippen LogP contribution in [0.5, 0.6) is 0 Å². The molecule has 8 nitrogen and oxygen atoms in total. The standard InChI is InChI=1S/C49H85NO7/c1-6-8-10-12-14-16-18-20-22-24-26-27-29-31-33-35-37-39-47(51)56-44-45(43-55-42-41-46(49(53)54)50(3,4)5)57-48(52)40-38-36-34-32-30-28-25-23-21-19-17-15-13-11-9-7-2/h8,10,14,16,20,22,26-27,31,33,45-46H,6-7,9,11-13,15,17-19,21,23-25,28-30,32,34-44H2,1-5H3/b10-8+,16-14+,22-20+,27-26+,33-31+. The lowest BCUT2D eigenvalue weighted by Crippen LogP contribution is -2.55. The average molecular weight is 800 g/mol. The van der Waals surface area contributed by atoms with Crippen molar-refractivity contribution in [3.8, 4) is 0 Å². The van der Waals surface area contributed by atoms with Gasteiger partial charge in [0.25, 0.3) is 0 Å². The molecule has 0 aliphatic rings. The van der Waals surface area contributed by atoms with Gasteiger partial charge in [0.05, 0.1) is 40.3 Å². The number of rotatable bonds is 40.